The third-order valence-electron chi connectivity index (χ3n) is 2.74. The monoisotopic (exact) mass is 263 g/mol. The minimum absolute atomic E-state index is 0.170. The molecule has 18 heavy (non-hydrogen) atoms. The highest BCUT2D eigenvalue weighted by molar-refractivity contribution is 8.03. The molecule has 0 aromatic heterocycles. The second-order valence-corrected chi connectivity index (χ2v) is 4.82. The number of carbonyl (C=O) groups is 2. The van der Waals surface area contributed by atoms with E-state index in [1.807, 2.05) is 35.7 Å². The van der Waals surface area contributed by atoms with Crippen LogP contribution < -0.4 is 0 Å². The van der Waals surface area contributed by atoms with Gasteiger partial charge in [-0.05, 0) is 17.9 Å². The molecule has 2 rings (SSSR count). The Morgan fingerprint density at radius 3 is 2.67 bits per heavy atom. The molecule has 1 unspecified atom stereocenters. The summed E-state index contributed by atoms with van der Waals surface area (Å²) in [5.74, 6) is -0.887. The molecule has 0 bridgehead atoms. The van der Waals surface area contributed by atoms with E-state index in [4.69, 9.17) is 5.11 Å². The fourth-order valence-corrected chi connectivity index (χ4v) is 2.58. The number of aliphatic carboxylic acids is 1. The van der Waals surface area contributed by atoms with Gasteiger partial charge in [0.25, 0.3) is 0 Å². The summed E-state index contributed by atoms with van der Waals surface area (Å²) < 4.78 is 0. The molecular formula is C13H13NO3S. The van der Waals surface area contributed by atoms with Crippen LogP contribution in [0.25, 0.3) is 5.70 Å². The van der Waals surface area contributed by atoms with Crippen LogP contribution >= 0.6 is 11.8 Å². The zero-order valence-electron chi connectivity index (χ0n) is 9.87. The first-order chi connectivity index (χ1) is 8.61. The van der Waals surface area contributed by atoms with Crippen molar-refractivity contribution < 1.29 is 14.7 Å². The SMILES string of the molecule is CC(C(=O)O)N1C(=O)CSC=C1c1ccccc1. The topological polar surface area (TPSA) is 57.6 Å². The lowest BCUT2D eigenvalue weighted by Crippen LogP contribution is -2.44. The van der Waals surface area contributed by atoms with Gasteiger partial charge < -0.3 is 5.11 Å². The lowest BCUT2D eigenvalue weighted by atomic mass is 10.1. The maximum atomic E-state index is 11.9. The molecular weight excluding hydrogens is 250 g/mol. The zero-order valence-corrected chi connectivity index (χ0v) is 10.7. The van der Waals surface area contributed by atoms with Gasteiger partial charge in [-0.3, -0.25) is 9.69 Å². The van der Waals surface area contributed by atoms with Crippen LogP contribution in [0.3, 0.4) is 0 Å². The quantitative estimate of drug-likeness (QED) is 0.906. The van der Waals surface area contributed by atoms with Crippen LogP contribution in [0.15, 0.2) is 35.7 Å². The van der Waals surface area contributed by atoms with Crippen LogP contribution in [-0.2, 0) is 9.59 Å². The minimum atomic E-state index is -1.00. The van der Waals surface area contributed by atoms with Crippen molar-refractivity contribution in [2.45, 2.75) is 13.0 Å². The van der Waals surface area contributed by atoms with Crippen molar-refractivity contribution in [3.63, 3.8) is 0 Å². The number of hydrogen-bond donors (Lipinski definition) is 1. The number of thioether (sulfide) groups is 1. The van der Waals surface area contributed by atoms with Gasteiger partial charge >= 0.3 is 5.97 Å². The van der Waals surface area contributed by atoms with Gasteiger partial charge in [0.15, 0.2) is 0 Å². The normalized spacial score (nSPS) is 17.3. The minimum Gasteiger partial charge on any atom is -0.480 e. The summed E-state index contributed by atoms with van der Waals surface area (Å²) in [6.45, 7) is 1.52. The standard InChI is InChI=1S/C13H13NO3S/c1-9(13(16)17)14-11(7-18-8-12(14)15)10-5-3-2-4-6-10/h2-7,9H,8H2,1H3,(H,16,17). The lowest BCUT2D eigenvalue weighted by Gasteiger charge is -2.31. The number of hydrogen-bond acceptors (Lipinski definition) is 3. The predicted molar refractivity (Wildman–Crippen MR) is 70.8 cm³/mol. The molecule has 0 saturated carbocycles. The van der Waals surface area contributed by atoms with Gasteiger partial charge in [0, 0.05) is 0 Å². The lowest BCUT2D eigenvalue weighted by molar-refractivity contribution is -0.145. The number of carboxylic acid groups (broad SMARTS) is 1. The highest BCUT2D eigenvalue weighted by Crippen LogP contribution is 2.29. The number of carboxylic acids is 1. The number of nitrogens with zero attached hydrogens (tertiary/aromatic N) is 1. The van der Waals surface area contributed by atoms with Crippen molar-refractivity contribution in [3.05, 3.63) is 41.3 Å². The molecule has 1 aromatic carbocycles. The van der Waals surface area contributed by atoms with Crippen LogP contribution in [0.1, 0.15) is 12.5 Å². The summed E-state index contributed by atoms with van der Waals surface area (Å²) in [5, 5.41) is 10.9. The molecule has 1 N–H and O–H groups in total. The molecule has 1 aliphatic heterocycles. The van der Waals surface area contributed by atoms with Crippen LogP contribution in [-0.4, -0.2) is 33.7 Å². The first-order valence-electron chi connectivity index (χ1n) is 5.53. The third kappa shape index (κ3) is 2.41. The molecule has 0 saturated heterocycles. The molecule has 0 radical (unpaired) electrons. The average Bonchev–Trinajstić information content (AvgIpc) is 2.38. The third-order valence-corrected chi connectivity index (χ3v) is 3.55. The van der Waals surface area contributed by atoms with E-state index in [0.717, 1.165) is 5.56 Å². The van der Waals surface area contributed by atoms with Gasteiger partial charge in [0.2, 0.25) is 5.91 Å². The van der Waals surface area contributed by atoms with E-state index >= 15 is 0 Å². The van der Waals surface area contributed by atoms with E-state index in [1.165, 1.54) is 23.6 Å². The van der Waals surface area contributed by atoms with Crippen molar-refractivity contribution in [2.75, 3.05) is 5.75 Å². The summed E-state index contributed by atoms with van der Waals surface area (Å²) in [6.07, 6.45) is 0. The van der Waals surface area contributed by atoms with Gasteiger partial charge in [-0.25, -0.2) is 4.79 Å². The van der Waals surface area contributed by atoms with Crippen molar-refractivity contribution >= 4 is 29.3 Å². The first kappa shape index (κ1) is 12.7. The molecule has 0 spiro atoms. The van der Waals surface area contributed by atoms with Crippen molar-refractivity contribution in [3.8, 4) is 0 Å². The number of carbonyl (C=O) groups excluding carboxylic acids is 1. The van der Waals surface area contributed by atoms with Gasteiger partial charge in [-0.2, -0.15) is 0 Å². The van der Waals surface area contributed by atoms with Gasteiger partial charge in [0.1, 0.15) is 6.04 Å². The second kappa shape index (κ2) is 5.27. The predicted octanol–water partition coefficient (Wildman–Crippen LogP) is 2.03. The van der Waals surface area contributed by atoms with Gasteiger partial charge in [-0.1, -0.05) is 30.3 Å². The van der Waals surface area contributed by atoms with E-state index < -0.39 is 12.0 Å². The molecule has 0 fully saturated rings. The molecule has 0 aliphatic carbocycles. The maximum Gasteiger partial charge on any atom is 0.326 e. The van der Waals surface area contributed by atoms with Gasteiger partial charge in [-0.15, -0.1) is 11.8 Å². The molecule has 1 atom stereocenters. The first-order valence-corrected chi connectivity index (χ1v) is 6.58. The summed E-state index contributed by atoms with van der Waals surface area (Å²) in [5.41, 5.74) is 1.51. The Morgan fingerprint density at radius 2 is 2.06 bits per heavy atom. The fourth-order valence-electron chi connectivity index (χ4n) is 1.80. The summed E-state index contributed by atoms with van der Waals surface area (Å²) in [4.78, 5) is 24.4. The van der Waals surface area contributed by atoms with E-state index in [-0.39, 0.29) is 11.7 Å². The number of benzene rings is 1. The summed E-state index contributed by atoms with van der Waals surface area (Å²) >= 11 is 1.39. The molecule has 94 valence electrons. The molecule has 1 aromatic rings. The van der Waals surface area contributed by atoms with Crippen LogP contribution in [0, 0.1) is 0 Å². The molecule has 5 heteroatoms. The Morgan fingerprint density at radius 1 is 1.39 bits per heavy atom. The van der Waals surface area contributed by atoms with Crippen molar-refractivity contribution in [1.82, 2.24) is 4.90 Å². The van der Waals surface area contributed by atoms with Crippen molar-refractivity contribution in [1.29, 1.82) is 0 Å². The Labute approximate surface area is 109 Å². The fraction of sp³-hybridized carbons (Fsp3) is 0.231. The summed E-state index contributed by atoms with van der Waals surface area (Å²) in [7, 11) is 0. The smallest absolute Gasteiger partial charge is 0.326 e. The highest BCUT2D eigenvalue weighted by atomic mass is 32.2. The van der Waals surface area contributed by atoms with Crippen LogP contribution in [0.4, 0.5) is 0 Å². The number of amides is 1. The number of rotatable bonds is 3. The Kier molecular flexibility index (Phi) is 3.72. The molecule has 1 heterocycles. The largest absolute Gasteiger partial charge is 0.480 e. The van der Waals surface area contributed by atoms with Gasteiger partial charge in [0.05, 0.1) is 11.4 Å². The second-order valence-electron chi connectivity index (χ2n) is 3.96. The maximum absolute atomic E-state index is 11.9. The summed E-state index contributed by atoms with van der Waals surface area (Å²) in [6, 6.07) is 8.49. The highest BCUT2D eigenvalue weighted by Gasteiger charge is 2.31. The average molecular weight is 263 g/mol. The van der Waals surface area contributed by atoms with Crippen LogP contribution in [0.5, 0.6) is 0 Å². The van der Waals surface area contributed by atoms with Crippen molar-refractivity contribution in [2.24, 2.45) is 0 Å². The molecule has 1 amide bonds. The zero-order chi connectivity index (χ0) is 13.1. The van der Waals surface area contributed by atoms with Crippen LogP contribution in [0.2, 0.25) is 0 Å². The Balaban J connectivity index is 2.40. The van der Waals surface area contributed by atoms with E-state index in [9.17, 15) is 9.59 Å². The van der Waals surface area contributed by atoms with E-state index in [1.54, 1.807) is 0 Å². The molecule has 4 nitrogen and oxygen atoms in total. The Hall–Kier alpha value is -1.75. The Bertz CT molecular complexity index is 498. The molecule has 1 aliphatic rings. The van der Waals surface area contributed by atoms with E-state index in [2.05, 4.69) is 0 Å². The van der Waals surface area contributed by atoms with E-state index in [0.29, 0.717) is 5.70 Å².